The first kappa shape index (κ1) is 24.2. The highest BCUT2D eigenvalue weighted by molar-refractivity contribution is 6.23. The van der Waals surface area contributed by atoms with Gasteiger partial charge in [-0.1, -0.05) is 121 Å². The van der Waals surface area contributed by atoms with Gasteiger partial charge in [0.2, 0.25) is 0 Å². The number of benzene rings is 6. The van der Waals surface area contributed by atoms with E-state index in [-0.39, 0.29) is 0 Å². The first-order chi connectivity index (χ1) is 20.8. The molecule has 0 bridgehead atoms. The summed E-state index contributed by atoms with van der Waals surface area (Å²) in [5, 5.41) is 7.58. The van der Waals surface area contributed by atoms with Crippen molar-refractivity contribution in [3.05, 3.63) is 158 Å². The zero-order valence-corrected chi connectivity index (χ0v) is 22.9. The van der Waals surface area contributed by atoms with Gasteiger partial charge in [0.1, 0.15) is 0 Å². The average molecular weight is 535 g/mol. The molecule has 2 nitrogen and oxygen atoms in total. The molecule has 0 amide bonds. The smallest absolute Gasteiger partial charge is 0.0703 e. The zero-order chi connectivity index (χ0) is 27.9. The van der Waals surface area contributed by atoms with Gasteiger partial charge in [-0.25, -0.2) is 0 Å². The lowest BCUT2D eigenvalue weighted by atomic mass is 9.84. The lowest BCUT2D eigenvalue weighted by Crippen LogP contribution is -1.91. The van der Waals surface area contributed by atoms with E-state index in [1.165, 1.54) is 54.6 Å². The minimum Gasteiger partial charge on any atom is -0.265 e. The van der Waals surface area contributed by atoms with Crippen LogP contribution < -0.4 is 0 Å². The Balaban J connectivity index is 1.29. The lowest BCUT2D eigenvalue weighted by molar-refractivity contribution is 1.29. The van der Waals surface area contributed by atoms with Gasteiger partial charge in [0, 0.05) is 29.7 Å². The molecule has 42 heavy (non-hydrogen) atoms. The van der Waals surface area contributed by atoms with Crippen molar-refractivity contribution in [2.24, 2.45) is 0 Å². The number of rotatable bonds is 4. The maximum atomic E-state index is 4.72. The van der Waals surface area contributed by atoms with Crippen LogP contribution in [0.3, 0.4) is 0 Å². The molecular weight excluding hydrogens is 508 g/mol. The van der Waals surface area contributed by atoms with Crippen LogP contribution in [0, 0.1) is 0 Å². The fourth-order valence-electron chi connectivity index (χ4n) is 6.26. The Labute approximate surface area is 244 Å². The van der Waals surface area contributed by atoms with Crippen molar-refractivity contribution in [1.29, 1.82) is 0 Å². The molecule has 2 heterocycles. The Morgan fingerprint density at radius 3 is 1.55 bits per heavy atom. The Morgan fingerprint density at radius 2 is 0.905 bits per heavy atom. The quantitative estimate of drug-likeness (QED) is 0.210. The van der Waals surface area contributed by atoms with Crippen LogP contribution in [0.25, 0.3) is 77.0 Å². The number of pyridine rings is 2. The van der Waals surface area contributed by atoms with Crippen molar-refractivity contribution in [3.63, 3.8) is 0 Å². The first-order valence-electron chi connectivity index (χ1n) is 14.2. The summed E-state index contributed by atoms with van der Waals surface area (Å²) in [6, 6.07) is 50.1. The van der Waals surface area contributed by atoms with Crippen LogP contribution in [0.1, 0.15) is 0 Å². The molecule has 0 aliphatic carbocycles. The third-order valence-corrected chi connectivity index (χ3v) is 8.24. The molecule has 0 atom stereocenters. The lowest BCUT2D eigenvalue weighted by Gasteiger charge is -2.19. The van der Waals surface area contributed by atoms with E-state index in [1.807, 2.05) is 18.3 Å². The minimum absolute atomic E-state index is 0.946. The van der Waals surface area contributed by atoms with Crippen LogP contribution in [0.4, 0.5) is 0 Å². The zero-order valence-electron chi connectivity index (χ0n) is 22.9. The van der Waals surface area contributed by atoms with Crippen LogP contribution in [0.15, 0.2) is 158 Å². The minimum atomic E-state index is 0.946. The molecular formula is C40H26N2. The Bertz CT molecular complexity index is 2150. The van der Waals surface area contributed by atoms with Crippen LogP contribution in [0.5, 0.6) is 0 Å². The number of fused-ring (bicyclic) bond motifs is 3. The molecule has 0 saturated heterocycles. The Kier molecular flexibility index (Phi) is 5.82. The number of hydrogen-bond donors (Lipinski definition) is 0. The number of hydrogen-bond acceptors (Lipinski definition) is 2. The van der Waals surface area contributed by atoms with Gasteiger partial charge in [-0.05, 0) is 78.3 Å². The van der Waals surface area contributed by atoms with Crippen molar-refractivity contribution >= 4 is 32.3 Å². The molecule has 0 N–H and O–H groups in total. The largest absolute Gasteiger partial charge is 0.265 e. The molecule has 0 spiro atoms. The molecule has 6 aromatic carbocycles. The Hall–Kier alpha value is -5.60. The van der Waals surface area contributed by atoms with Gasteiger partial charge in [-0.3, -0.25) is 9.97 Å². The van der Waals surface area contributed by atoms with Crippen molar-refractivity contribution in [1.82, 2.24) is 9.97 Å². The molecule has 8 aromatic rings. The van der Waals surface area contributed by atoms with Crippen LogP contribution in [0.2, 0.25) is 0 Å². The van der Waals surface area contributed by atoms with E-state index < -0.39 is 0 Å². The molecule has 0 saturated carbocycles. The van der Waals surface area contributed by atoms with Crippen molar-refractivity contribution in [3.8, 4) is 44.6 Å². The van der Waals surface area contributed by atoms with Crippen molar-refractivity contribution < 1.29 is 0 Å². The maximum absolute atomic E-state index is 4.72. The van der Waals surface area contributed by atoms with E-state index in [1.54, 1.807) is 12.4 Å². The SMILES string of the molecule is c1ccc2c(-c3c4ccccc4c(-c4ccc(-c5ccc(-c6ccncc6)nc5)cc4)c4ccccc34)cccc2c1. The highest BCUT2D eigenvalue weighted by atomic mass is 14.7. The van der Waals surface area contributed by atoms with E-state index in [0.717, 1.165) is 22.4 Å². The molecule has 2 aromatic heterocycles. The molecule has 8 rings (SSSR count). The molecule has 0 unspecified atom stereocenters. The van der Waals surface area contributed by atoms with Gasteiger partial charge in [0.05, 0.1) is 5.69 Å². The number of aromatic nitrogens is 2. The Morgan fingerprint density at radius 1 is 0.357 bits per heavy atom. The highest BCUT2D eigenvalue weighted by Crippen LogP contribution is 2.45. The predicted octanol–water partition coefficient (Wildman–Crippen LogP) is 10.6. The fourth-order valence-corrected chi connectivity index (χ4v) is 6.26. The van der Waals surface area contributed by atoms with Gasteiger partial charge in [-0.15, -0.1) is 0 Å². The summed E-state index contributed by atoms with van der Waals surface area (Å²) in [6.45, 7) is 0. The molecule has 0 radical (unpaired) electrons. The summed E-state index contributed by atoms with van der Waals surface area (Å²) in [5.41, 5.74) is 9.29. The third kappa shape index (κ3) is 4.05. The van der Waals surface area contributed by atoms with Gasteiger partial charge >= 0.3 is 0 Å². The molecule has 0 fully saturated rings. The van der Waals surface area contributed by atoms with Gasteiger partial charge < -0.3 is 0 Å². The topological polar surface area (TPSA) is 25.8 Å². The van der Waals surface area contributed by atoms with Crippen molar-refractivity contribution in [2.45, 2.75) is 0 Å². The second-order valence-electron chi connectivity index (χ2n) is 10.6. The summed E-state index contributed by atoms with van der Waals surface area (Å²) in [6.07, 6.45) is 5.55. The summed E-state index contributed by atoms with van der Waals surface area (Å²) < 4.78 is 0. The predicted molar refractivity (Wildman–Crippen MR) is 176 cm³/mol. The molecule has 196 valence electrons. The summed E-state index contributed by atoms with van der Waals surface area (Å²) in [4.78, 5) is 8.83. The fraction of sp³-hybridized carbons (Fsp3) is 0. The number of nitrogens with zero attached hydrogens (tertiary/aromatic N) is 2. The summed E-state index contributed by atoms with van der Waals surface area (Å²) >= 11 is 0. The average Bonchev–Trinajstić information content (AvgIpc) is 3.07. The van der Waals surface area contributed by atoms with Crippen LogP contribution in [-0.4, -0.2) is 9.97 Å². The molecule has 0 aliphatic heterocycles. The van der Waals surface area contributed by atoms with Gasteiger partial charge in [-0.2, -0.15) is 0 Å². The van der Waals surface area contributed by atoms with Crippen molar-refractivity contribution in [2.75, 3.05) is 0 Å². The molecule has 2 heteroatoms. The van der Waals surface area contributed by atoms with Gasteiger partial charge in [0.15, 0.2) is 0 Å². The van der Waals surface area contributed by atoms with E-state index in [2.05, 4.69) is 132 Å². The first-order valence-corrected chi connectivity index (χ1v) is 14.2. The highest BCUT2D eigenvalue weighted by Gasteiger charge is 2.17. The second kappa shape index (κ2) is 10.1. The normalized spacial score (nSPS) is 11.3. The second-order valence-corrected chi connectivity index (χ2v) is 10.6. The van der Waals surface area contributed by atoms with Crippen LogP contribution >= 0.6 is 0 Å². The maximum Gasteiger partial charge on any atom is 0.0703 e. The van der Waals surface area contributed by atoms with E-state index in [4.69, 9.17) is 4.98 Å². The van der Waals surface area contributed by atoms with Crippen LogP contribution in [-0.2, 0) is 0 Å². The van der Waals surface area contributed by atoms with Gasteiger partial charge in [0.25, 0.3) is 0 Å². The van der Waals surface area contributed by atoms with E-state index in [0.29, 0.717) is 0 Å². The van der Waals surface area contributed by atoms with E-state index >= 15 is 0 Å². The summed E-state index contributed by atoms with van der Waals surface area (Å²) in [5.74, 6) is 0. The third-order valence-electron chi connectivity index (χ3n) is 8.24. The monoisotopic (exact) mass is 534 g/mol. The van der Waals surface area contributed by atoms with E-state index in [9.17, 15) is 0 Å². The summed E-state index contributed by atoms with van der Waals surface area (Å²) in [7, 11) is 0. The standard InChI is InChI=1S/C40H26N2/c1-2-10-32-28(8-1)9-7-15-33(32)40-36-13-5-3-11-34(36)39(35-12-4-6-14-37(35)40)30-18-16-27(17-19-30)31-20-21-38(42-26-31)29-22-24-41-25-23-29/h1-26H. The molecule has 0 aliphatic rings.